The molecule has 6 rings (SSSR count). The van der Waals surface area contributed by atoms with Gasteiger partial charge in [-0.05, 0) is 42.0 Å². The number of nitrogens with zero attached hydrogens (tertiary/aromatic N) is 3. The summed E-state index contributed by atoms with van der Waals surface area (Å²) in [5, 5.41) is 23.5. The number of fused-ring (bicyclic) bond motifs is 2. The van der Waals surface area contributed by atoms with Crippen molar-refractivity contribution in [3.8, 4) is 22.9 Å². The summed E-state index contributed by atoms with van der Waals surface area (Å²) in [6.07, 6.45) is 1.83. The molecule has 3 heterocycles. The number of aromatic amines is 2. The summed E-state index contributed by atoms with van der Waals surface area (Å²) in [5.41, 5.74) is 4.93. The van der Waals surface area contributed by atoms with Crippen molar-refractivity contribution in [1.82, 2.24) is 25.4 Å². The highest BCUT2D eigenvalue weighted by atomic mass is 16.6. The molecule has 2 aromatic heterocycles. The minimum Gasteiger partial charge on any atom is -0.486 e. The van der Waals surface area contributed by atoms with Crippen molar-refractivity contribution in [3.63, 3.8) is 0 Å². The van der Waals surface area contributed by atoms with Gasteiger partial charge in [-0.15, -0.1) is 10.2 Å². The van der Waals surface area contributed by atoms with E-state index in [1.807, 2.05) is 54.7 Å². The third-order valence-corrected chi connectivity index (χ3v) is 5.46. The summed E-state index contributed by atoms with van der Waals surface area (Å²) in [6, 6.07) is 20.0. The minimum atomic E-state index is 0.543. The molecule has 0 unspecified atom stereocenters. The molecule has 0 radical (unpaired) electrons. The van der Waals surface area contributed by atoms with Crippen molar-refractivity contribution in [1.29, 1.82) is 0 Å². The van der Waals surface area contributed by atoms with Gasteiger partial charge in [0.2, 0.25) is 5.95 Å². The fraction of sp³-hybridized carbons (Fsp3) is 0.125. The standard InChI is InChI=1S/C24H21N7O2/c1-2-4-20(25-13-15-5-7-19-16(11-15)14-26-29-19)18(3-1)23-28-24(31-30-23)27-17-6-8-21-22(12-17)33-10-9-32-21/h1-8,11-12,14,25H,9-10,13H2,(H,26,29)(H2,27,28,30,31). The van der Waals surface area contributed by atoms with Gasteiger partial charge in [0, 0.05) is 34.9 Å². The number of benzene rings is 3. The van der Waals surface area contributed by atoms with E-state index < -0.39 is 0 Å². The van der Waals surface area contributed by atoms with Gasteiger partial charge < -0.3 is 25.1 Å². The predicted octanol–water partition coefficient (Wildman–Crippen LogP) is 4.47. The highest BCUT2D eigenvalue weighted by Gasteiger charge is 2.14. The lowest BCUT2D eigenvalue weighted by Crippen LogP contribution is -2.15. The maximum atomic E-state index is 5.65. The molecule has 1 aliphatic rings. The second-order valence-electron chi connectivity index (χ2n) is 7.70. The van der Waals surface area contributed by atoms with Gasteiger partial charge in [-0.1, -0.05) is 18.2 Å². The zero-order chi connectivity index (χ0) is 22.0. The van der Waals surface area contributed by atoms with Crippen LogP contribution < -0.4 is 20.1 Å². The molecule has 9 heteroatoms. The van der Waals surface area contributed by atoms with Gasteiger partial charge in [0.1, 0.15) is 13.2 Å². The molecule has 0 saturated heterocycles. The van der Waals surface area contributed by atoms with Crippen LogP contribution in [0, 0.1) is 0 Å². The van der Waals surface area contributed by atoms with Crippen LogP contribution in [0.2, 0.25) is 0 Å². The smallest absolute Gasteiger partial charge is 0.226 e. The molecule has 9 nitrogen and oxygen atoms in total. The summed E-state index contributed by atoms with van der Waals surface area (Å²) in [6.45, 7) is 1.79. The largest absolute Gasteiger partial charge is 0.486 e. The van der Waals surface area contributed by atoms with E-state index in [4.69, 9.17) is 9.47 Å². The minimum absolute atomic E-state index is 0.543. The van der Waals surface area contributed by atoms with Gasteiger partial charge in [0.15, 0.2) is 17.3 Å². The maximum Gasteiger partial charge on any atom is 0.226 e. The quantitative estimate of drug-likeness (QED) is 0.309. The predicted molar refractivity (Wildman–Crippen MR) is 126 cm³/mol. The Morgan fingerprint density at radius 3 is 2.79 bits per heavy atom. The Bertz CT molecular complexity index is 1430. The molecule has 164 valence electrons. The number of rotatable bonds is 6. The zero-order valence-corrected chi connectivity index (χ0v) is 17.6. The van der Waals surface area contributed by atoms with Gasteiger partial charge in [-0.25, -0.2) is 0 Å². The van der Waals surface area contributed by atoms with Crippen LogP contribution in [-0.4, -0.2) is 38.6 Å². The van der Waals surface area contributed by atoms with Gasteiger partial charge >= 0.3 is 0 Å². The SMILES string of the molecule is c1ccc(-c2nnc(Nc3ccc4c(c3)OCCO4)[nH]2)c(NCc2ccc3[nH]ncc3c2)c1. The third-order valence-electron chi connectivity index (χ3n) is 5.46. The second kappa shape index (κ2) is 8.19. The van der Waals surface area contributed by atoms with Gasteiger partial charge in [0.05, 0.1) is 11.7 Å². The van der Waals surface area contributed by atoms with E-state index >= 15 is 0 Å². The number of H-pyrrole nitrogens is 2. The lowest BCUT2D eigenvalue weighted by Gasteiger charge is -2.18. The van der Waals surface area contributed by atoms with Crippen molar-refractivity contribution >= 4 is 28.2 Å². The lowest BCUT2D eigenvalue weighted by molar-refractivity contribution is 0.171. The molecule has 0 atom stereocenters. The van der Waals surface area contributed by atoms with Gasteiger partial charge in [0.25, 0.3) is 0 Å². The first-order valence-electron chi connectivity index (χ1n) is 10.7. The van der Waals surface area contributed by atoms with Crippen LogP contribution in [0.1, 0.15) is 5.56 Å². The van der Waals surface area contributed by atoms with Gasteiger partial charge in [-0.3, -0.25) is 5.10 Å². The molecule has 33 heavy (non-hydrogen) atoms. The molecule has 3 aromatic carbocycles. The van der Waals surface area contributed by atoms with Gasteiger partial charge in [-0.2, -0.15) is 5.10 Å². The lowest BCUT2D eigenvalue weighted by atomic mass is 10.1. The van der Waals surface area contributed by atoms with E-state index in [0.29, 0.717) is 37.3 Å². The van der Waals surface area contributed by atoms with E-state index in [1.165, 1.54) is 0 Å². The first-order chi connectivity index (χ1) is 16.3. The van der Waals surface area contributed by atoms with Crippen LogP contribution in [-0.2, 0) is 6.54 Å². The monoisotopic (exact) mass is 439 g/mol. The van der Waals surface area contributed by atoms with Crippen LogP contribution in [0.3, 0.4) is 0 Å². The maximum absolute atomic E-state index is 5.65. The molecule has 0 saturated carbocycles. The highest BCUT2D eigenvalue weighted by Crippen LogP contribution is 2.33. The number of para-hydroxylation sites is 1. The Labute approximate surface area is 189 Å². The molecule has 0 amide bonds. The molecular weight excluding hydrogens is 418 g/mol. The van der Waals surface area contributed by atoms with Crippen LogP contribution >= 0.6 is 0 Å². The molecule has 0 bridgehead atoms. The molecule has 5 aromatic rings. The Morgan fingerprint density at radius 2 is 1.82 bits per heavy atom. The van der Waals surface area contributed by atoms with E-state index in [2.05, 4.69) is 48.1 Å². The van der Waals surface area contributed by atoms with E-state index in [0.717, 1.165) is 39.2 Å². The summed E-state index contributed by atoms with van der Waals surface area (Å²) < 4.78 is 11.2. The Hall–Kier alpha value is -4.53. The fourth-order valence-electron chi connectivity index (χ4n) is 3.84. The van der Waals surface area contributed by atoms with Crippen molar-refractivity contribution in [2.24, 2.45) is 0 Å². The van der Waals surface area contributed by atoms with Crippen molar-refractivity contribution in [2.75, 3.05) is 23.8 Å². The molecule has 0 fully saturated rings. The highest BCUT2D eigenvalue weighted by molar-refractivity contribution is 5.79. The summed E-state index contributed by atoms with van der Waals surface area (Å²) in [4.78, 5) is 3.26. The van der Waals surface area contributed by atoms with E-state index in [1.54, 1.807) is 0 Å². The van der Waals surface area contributed by atoms with E-state index in [-0.39, 0.29) is 0 Å². The fourth-order valence-corrected chi connectivity index (χ4v) is 3.84. The Balaban J connectivity index is 1.19. The number of anilines is 3. The zero-order valence-electron chi connectivity index (χ0n) is 17.6. The van der Waals surface area contributed by atoms with Crippen molar-refractivity contribution < 1.29 is 9.47 Å². The van der Waals surface area contributed by atoms with Crippen LogP contribution in [0.15, 0.2) is 66.9 Å². The normalized spacial score (nSPS) is 12.6. The molecule has 1 aliphatic heterocycles. The second-order valence-corrected chi connectivity index (χ2v) is 7.70. The third kappa shape index (κ3) is 3.91. The number of hydrogen-bond acceptors (Lipinski definition) is 7. The summed E-state index contributed by atoms with van der Waals surface area (Å²) >= 11 is 0. The summed E-state index contributed by atoms with van der Waals surface area (Å²) in [7, 11) is 0. The average Bonchev–Trinajstić information content (AvgIpc) is 3.52. The molecule has 4 N–H and O–H groups in total. The Morgan fingerprint density at radius 1 is 0.909 bits per heavy atom. The molecular formula is C24H21N7O2. The number of aromatic nitrogens is 5. The first kappa shape index (κ1) is 19.2. The summed E-state index contributed by atoms with van der Waals surface area (Å²) in [5.74, 6) is 2.68. The molecule has 0 spiro atoms. The number of ether oxygens (including phenoxy) is 2. The van der Waals surface area contributed by atoms with Crippen LogP contribution in [0.5, 0.6) is 11.5 Å². The van der Waals surface area contributed by atoms with Crippen LogP contribution in [0.4, 0.5) is 17.3 Å². The van der Waals surface area contributed by atoms with E-state index in [9.17, 15) is 0 Å². The number of nitrogens with one attached hydrogen (secondary N) is 4. The first-order valence-corrected chi connectivity index (χ1v) is 10.7. The molecule has 0 aliphatic carbocycles. The van der Waals surface area contributed by atoms with Crippen molar-refractivity contribution in [2.45, 2.75) is 6.54 Å². The topological polar surface area (TPSA) is 113 Å². The van der Waals surface area contributed by atoms with Crippen LogP contribution in [0.25, 0.3) is 22.3 Å². The Kier molecular flexibility index (Phi) is 4.76. The number of hydrogen-bond donors (Lipinski definition) is 4. The van der Waals surface area contributed by atoms with Crippen molar-refractivity contribution in [3.05, 3.63) is 72.4 Å². The average molecular weight is 439 g/mol.